The summed E-state index contributed by atoms with van der Waals surface area (Å²) in [6, 6.07) is 78.8. The third-order valence-corrected chi connectivity index (χ3v) is 21.3. The van der Waals surface area contributed by atoms with Gasteiger partial charge >= 0.3 is 29.8 Å². The quantitative estimate of drug-likeness (QED) is 0.0196. The Morgan fingerprint density at radius 2 is 0.402 bits per heavy atom. The summed E-state index contributed by atoms with van der Waals surface area (Å²) in [5.41, 5.74) is 10.4. The Hall–Kier alpha value is -12.5. The summed E-state index contributed by atoms with van der Waals surface area (Å²) < 4.78 is 96.9. The van der Waals surface area contributed by atoms with Crippen LogP contribution in [0.4, 0.5) is 0 Å². The van der Waals surface area contributed by atoms with Gasteiger partial charge in [-0.05, 0) is 308 Å². The van der Waals surface area contributed by atoms with Crippen molar-refractivity contribution in [3.63, 3.8) is 0 Å². The van der Waals surface area contributed by atoms with E-state index in [1.165, 1.54) is 0 Å². The van der Waals surface area contributed by atoms with Crippen LogP contribution in [0.3, 0.4) is 0 Å². The fourth-order valence-corrected chi connectivity index (χ4v) is 14.5. The van der Waals surface area contributed by atoms with E-state index in [0.717, 1.165) is 84.4 Å². The van der Waals surface area contributed by atoms with E-state index in [4.69, 9.17) is 75.8 Å². The van der Waals surface area contributed by atoms with Gasteiger partial charge < -0.3 is 75.8 Å². The van der Waals surface area contributed by atoms with Gasteiger partial charge in [0.05, 0.1) is 66.1 Å². The van der Waals surface area contributed by atoms with Crippen molar-refractivity contribution in [1.82, 2.24) is 0 Å². The third kappa shape index (κ3) is 32.5. The zero-order valence-corrected chi connectivity index (χ0v) is 74.0. The zero-order chi connectivity index (χ0) is 88.8. The summed E-state index contributed by atoms with van der Waals surface area (Å²) in [6.07, 6.45) is -0.513. The maximum atomic E-state index is 14.7. The molecular weight excluding hydrogens is 1610 g/mol. The first kappa shape index (κ1) is 95.2. The van der Waals surface area contributed by atoms with Crippen molar-refractivity contribution in [2.24, 2.45) is 0 Å². The maximum absolute atomic E-state index is 14.7. The van der Waals surface area contributed by atoms with E-state index >= 15 is 0 Å². The molecule has 127 heavy (non-hydrogen) atoms. The normalized spacial score (nSPS) is 14.6. The lowest BCUT2D eigenvalue weighted by Crippen LogP contribution is -2.63. The molecule has 0 bridgehead atoms. The molecule has 1 fully saturated rings. The Labute approximate surface area is 747 Å². The number of carbonyl (C=O) groups excluding carboxylic acids is 5. The lowest BCUT2D eigenvalue weighted by Gasteiger charge is -2.44. The highest BCUT2D eigenvalue weighted by Gasteiger charge is 2.54. The molecule has 10 aromatic carbocycles. The van der Waals surface area contributed by atoms with Gasteiger partial charge in [0.2, 0.25) is 12.4 Å². The lowest BCUT2D eigenvalue weighted by molar-refractivity contribution is -0.301. The Kier molecular flexibility index (Phi) is 39.8. The van der Waals surface area contributed by atoms with Crippen molar-refractivity contribution in [3.8, 4) is 113 Å². The summed E-state index contributed by atoms with van der Waals surface area (Å²) in [7, 11) is 0. The Balaban J connectivity index is 0.769. The zero-order valence-electron chi connectivity index (χ0n) is 74.0. The fourth-order valence-electron chi connectivity index (χ4n) is 14.5. The first-order valence-electron chi connectivity index (χ1n) is 45.2. The first-order valence-corrected chi connectivity index (χ1v) is 45.2. The molecule has 0 unspecified atom stereocenters. The molecule has 672 valence electrons. The van der Waals surface area contributed by atoms with Gasteiger partial charge in [-0.1, -0.05) is 121 Å². The molecule has 0 N–H and O–H groups in total. The first-order chi connectivity index (χ1) is 62.3. The second-order valence-corrected chi connectivity index (χ2v) is 30.8. The average molecular weight is 1730 g/mol. The van der Waals surface area contributed by atoms with Gasteiger partial charge in [0.25, 0.3) is 0 Å². The Morgan fingerprint density at radius 3 is 0.622 bits per heavy atom. The summed E-state index contributed by atoms with van der Waals surface area (Å²) in [4.78, 5) is 72.1. The molecule has 1 aliphatic rings. The minimum atomic E-state index is -1.74. The van der Waals surface area contributed by atoms with E-state index in [1.807, 2.05) is 277 Å². The van der Waals surface area contributed by atoms with Crippen LogP contribution < -0.4 is 47.4 Å². The maximum Gasteiger partial charge on any atom is 0.308 e. The van der Waals surface area contributed by atoms with Gasteiger partial charge in [-0.2, -0.15) is 0 Å². The van der Waals surface area contributed by atoms with Crippen molar-refractivity contribution in [3.05, 3.63) is 243 Å². The second-order valence-electron chi connectivity index (χ2n) is 30.8. The fraction of sp³-hybridized carbons (Fsp3) is 0.387. The summed E-state index contributed by atoms with van der Waals surface area (Å²) >= 11 is 0. The molecule has 11 rings (SSSR count). The van der Waals surface area contributed by atoms with Gasteiger partial charge in [0, 0.05) is 32.1 Å². The molecule has 0 amide bonds. The Morgan fingerprint density at radius 1 is 0.213 bits per heavy atom. The summed E-state index contributed by atoms with van der Waals surface area (Å²) in [5, 5.41) is 0. The molecule has 0 radical (unpaired) electrons. The van der Waals surface area contributed by atoms with Crippen LogP contribution in [0.25, 0.3) is 55.6 Å². The van der Waals surface area contributed by atoms with Crippen LogP contribution in [0, 0.1) is 0 Å². The predicted octanol–water partition coefficient (Wildman–Crippen LogP) is 23.1. The minimum absolute atomic E-state index is 0.0123. The SMILES string of the molecule is CCOc1ccc(-c2ccc(OCCCCCC(=O)OC[C@H]3O[C@@H](OC(=O)CCCCCOc4ccc(-c5ccc(OCC)cc5)cc4)[C@H](OC(=O)CCCCCOc4ccc(-c5ccc(OCC)cc5)cc4)[C@@H](OC(=O)CCCCCOc4ccc(-c5ccc(OCC)cc5)cc4)[C@@H]3OC(=O)CCCCCOc3ccc(-c4ccc(OCC)cc4)cc3)cc2)cc1. The number of hydrogen-bond donors (Lipinski definition) is 0. The number of hydrogen-bond acceptors (Lipinski definition) is 21. The van der Waals surface area contributed by atoms with Crippen LogP contribution in [0.5, 0.6) is 57.5 Å². The summed E-state index contributed by atoms with van der Waals surface area (Å²) in [6.45, 7) is 14.1. The monoisotopic (exact) mass is 1730 g/mol. The number of benzene rings is 10. The van der Waals surface area contributed by atoms with Crippen LogP contribution in [0.15, 0.2) is 243 Å². The largest absolute Gasteiger partial charge is 0.494 e. The highest BCUT2D eigenvalue weighted by atomic mass is 16.7. The van der Waals surface area contributed by atoms with E-state index in [1.54, 1.807) is 0 Å². The standard InChI is InChI=1S/C106H122O21/c1-6-112-87-51-31-77(32-52-87)82-41-61-92(62-42-82)117-71-21-11-16-26-98(107)122-76-97-103(124-99(108)27-17-12-22-72-118-93-63-43-83(44-64-93)78-33-53-88(54-34-78)113-7-2)104(125-100(109)28-18-13-23-73-119-94-65-45-84(46-66-94)79-35-55-89(56-36-79)114-8-3)105(126-101(110)29-19-14-24-74-120-95-67-47-85(48-68-95)80-37-57-90(58-38-80)115-9-4)106(123-97)127-102(111)30-20-15-25-75-121-96-69-49-86(50-70-96)81-39-59-91(60-40-81)116-10-5/h31-70,97,103-106H,6-30,71-76H2,1-5H3/t97-,103-,104+,105-,106+/m1/s1. The highest BCUT2D eigenvalue weighted by Crippen LogP contribution is 2.35. The number of unbranched alkanes of at least 4 members (excludes halogenated alkanes) is 10. The third-order valence-electron chi connectivity index (χ3n) is 21.3. The molecule has 1 saturated heterocycles. The molecule has 1 heterocycles. The molecule has 0 saturated carbocycles. The van der Waals surface area contributed by atoms with E-state index in [-0.39, 0.29) is 32.1 Å². The van der Waals surface area contributed by atoms with Crippen molar-refractivity contribution >= 4 is 29.8 Å². The smallest absolute Gasteiger partial charge is 0.308 e. The Bertz CT molecular complexity index is 4850. The second kappa shape index (κ2) is 53.1. The molecule has 5 atom stereocenters. The van der Waals surface area contributed by atoms with E-state index in [0.29, 0.717) is 191 Å². The number of ether oxygens (including phenoxy) is 16. The van der Waals surface area contributed by atoms with E-state index in [2.05, 4.69) is 0 Å². The van der Waals surface area contributed by atoms with Gasteiger partial charge in [-0.15, -0.1) is 0 Å². The highest BCUT2D eigenvalue weighted by molar-refractivity contribution is 5.74. The molecule has 10 aromatic rings. The van der Waals surface area contributed by atoms with Crippen LogP contribution in [0.1, 0.15) is 163 Å². The topological polar surface area (TPSA) is 233 Å². The van der Waals surface area contributed by atoms with Gasteiger partial charge in [-0.25, -0.2) is 0 Å². The molecule has 21 nitrogen and oxygen atoms in total. The molecule has 0 aliphatic carbocycles. The number of rotatable bonds is 56. The summed E-state index contributed by atoms with van der Waals surface area (Å²) in [5.74, 6) is 4.10. The molecule has 0 spiro atoms. The van der Waals surface area contributed by atoms with Crippen molar-refractivity contribution in [2.75, 3.05) is 72.7 Å². The average Bonchev–Trinajstić information content (AvgIpc) is 0.777. The number of carbonyl (C=O) groups is 5. The lowest BCUT2D eigenvalue weighted by atomic mass is 9.97. The molecule has 0 aromatic heterocycles. The van der Waals surface area contributed by atoms with Crippen molar-refractivity contribution in [2.45, 2.75) is 194 Å². The molecule has 1 aliphatic heterocycles. The van der Waals surface area contributed by atoms with E-state index < -0.39 is 67.2 Å². The van der Waals surface area contributed by atoms with Crippen molar-refractivity contribution < 1.29 is 99.8 Å². The minimum Gasteiger partial charge on any atom is -0.494 e. The van der Waals surface area contributed by atoms with Crippen LogP contribution >= 0.6 is 0 Å². The van der Waals surface area contributed by atoms with Crippen LogP contribution in [0.2, 0.25) is 0 Å². The van der Waals surface area contributed by atoms with Crippen LogP contribution in [-0.4, -0.2) is 133 Å². The van der Waals surface area contributed by atoms with Crippen molar-refractivity contribution in [1.29, 1.82) is 0 Å². The van der Waals surface area contributed by atoms with Gasteiger partial charge in [0.15, 0.2) is 12.2 Å². The predicted molar refractivity (Wildman–Crippen MR) is 490 cm³/mol. The molecule has 21 heteroatoms. The van der Waals surface area contributed by atoms with Crippen LogP contribution in [-0.2, 0) is 52.4 Å². The van der Waals surface area contributed by atoms with Gasteiger partial charge in [-0.3, -0.25) is 24.0 Å². The molecular formula is C106H122O21. The van der Waals surface area contributed by atoms with Gasteiger partial charge in [0.1, 0.15) is 70.2 Å². The van der Waals surface area contributed by atoms with E-state index in [9.17, 15) is 24.0 Å². The number of esters is 5.